The van der Waals surface area contributed by atoms with Crippen molar-refractivity contribution in [1.82, 2.24) is 4.90 Å². The maximum atomic E-state index is 11.9. The molecule has 1 aromatic rings. The van der Waals surface area contributed by atoms with Crippen LogP contribution in [0.2, 0.25) is 0 Å². The molecule has 27 heavy (non-hydrogen) atoms. The van der Waals surface area contributed by atoms with Gasteiger partial charge in [-0.2, -0.15) is 15.8 Å². The van der Waals surface area contributed by atoms with Crippen molar-refractivity contribution in [2.45, 2.75) is 12.8 Å². The Hall–Kier alpha value is -3.08. The Morgan fingerprint density at radius 2 is 2.04 bits per heavy atom. The van der Waals surface area contributed by atoms with Gasteiger partial charge in [0.05, 0.1) is 23.4 Å². The van der Waals surface area contributed by atoms with Gasteiger partial charge < -0.3 is 10.6 Å². The Morgan fingerprint density at radius 3 is 2.59 bits per heavy atom. The summed E-state index contributed by atoms with van der Waals surface area (Å²) < 4.78 is 0.808. The largest absolute Gasteiger partial charge is 0.399 e. The van der Waals surface area contributed by atoms with Crippen molar-refractivity contribution in [2.24, 2.45) is 17.1 Å². The highest BCUT2D eigenvalue weighted by atomic mass is 79.9. The van der Waals surface area contributed by atoms with Crippen LogP contribution >= 0.6 is 15.9 Å². The SMILES string of the molecule is CC(=O)N1CC=C2C(C#N)=C(N)C(C#N)(C#N)[C@H](c3cccc(Br)c3)[C@H]2C1. The fourth-order valence-corrected chi connectivity index (χ4v) is 4.43. The summed E-state index contributed by atoms with van der Waals surface area (Å²) in [5.41, 5.74) is 6.18. The van der Waals surface area contributed by atoms with Crippen molar-refractivity contribution in [3.63, 3.8) is 0 Å². The molecule has 0 radical (unpaired) electrons. The van der Waals surface area contributed by atoms with Gasteiger partial charge in [0.25, 0.3) is 0 Å². The van der Waals surface area contributed by atoms with Crippen LogP contribution in [-0.2, 0) is 4.79 Å². The zero-order valence-corrected chi connectivity index (χ0v) is 16.2. The van der Waals surface area contributed by atoms with Gasteiger partial charge in [-0.3, -0.25) is 4.79 Å². The van der Waals surface area contributed by atoms with E-state index in [0.29, 0.717) is 18.7 Å². The molecule has 0 unspecified atom stereocenters. The number of carbonyl (C=O) groups excluding carboxylic acids is 1. The van der Waals surface area contributed by atoms with Crippen molar-refractivity contribution in [2.75, 3.05) is 13.1 Å². The Morgan fingerprint density at radius 1 is 1.33 bits per heavy atom. The number of allylic oxidation sites excluding steroid dienone is 2. The summed E-state index contributed by atoms with van der Waals surface area (Å²) in [7, 11) is 0. The standard InChI is InChI=1S/C20H16BrN5O/c1-12(27)26-6-5-15-16(8-22)19(25)20(10-23,11-24)18(17(15)9-26)13-3-2-4-14(21)7-13/h2-5,7,17-18H,6,9,25H2,1H3/t17-,18+/m0/s1. The third-order valence-electron chi connectivity index (χ3n) is 5.32. The third kappa shape index (κ3) is 2.79. The molecule has 0 spiro atoms. The molecule has 2 atom stereocenters. The summed E-state index contributed by atoms with van der Waals surface area (Å²) in [4.78, 5) is 13.6. The van der Waals surface area contributed by atoms with Crippen molar-refractivity contribution in [3.05, 3.63) is 57.2 Å². The summed E-state index contributed by atoms with van der Waals surface area (Å²) in [5, 5.41) is 29.6. The normalized spacial score (nSPS) is 23.4. The number of nitriles is 3. The zero-order chi connectivity index (χ0) is 19.8. The maximum absolute atomic E-state index is 11.9. The van der Waals surface area contributed by atoms with Gasteiger partial charge in [0.2, 0.25) is 5.91 Å². The van der Waals surface area contributed by atoms with E-state index in [1.807, 2.05) is 30.3 Å². The van der Waals surface area contributed by atoms with Crippen LogP contribution in [0.25, 0.3) is 0 Å². The molecule has 2 N–H and O–H groups in total. The number of nitrogens with two attached hydrogens (primary N) is 1. The molecule has 1 aromatic carbocycles. The minimum atomic E-state index is -1.69. The quantitative estimate of drug-likeness (QED) is 0.747. The molecule has 1 amide bonds. The number of benzene rings is 1. The van der Waals surface area contributed by atoms with E-state index in [0.717, 1.165) is 10.0 Å². The summed E-state index contributed by atoms with van der Waals surface area (Å²) in [6, 6.07) is 13.6. The second-order valence-corrected chi connectivity index (χ2v) is 7.57. The molecule has 0 saturated carbocycles. The summed E-state index contributed by atoms with van der Waals surface area (Å²) in [6.07, 6.45) is 1.81. The first kappa shape index (κ1) is 18.7. The molecular weight excluding hydrogens is 406 g/mol. The van der Waals surface area contributed by atoms with Gasteiger partial charge >= 0.3 is 0 Å². The van der Waals surface area contributed by atoms with Crippen LogP contribution < -0.4 is 5.73 Å². The van der Waals surface area contributed by atoms with Gasteiger partial charge in [0.1, 0.15) is 6.07 Å². The molecule has 134 valence electrons. The van der Waals surface area contributed by atoms with E-state index < -0.39 is 11.3 Å². The lowest BCUT2D eigenvalue weighted by Gasteiger charge is -2.45. The van der Waals surface area contributed by atoms with Crippen LogP contribution in [0.3, 0.4) is 0 Å². The van der Waals surface area contributed by atoms with Gasteiger partial charge in [-0.25, -0.2) is 0 Å². The fraction of sp³-hybridized carbons (Fsp3) is 0.300. The molecule has 0 bridgehead atoms. The predicted octanol–water partition coefficient (Wildman–Crippen LogP) is 2.72. The molecule has 7 heteroatoms. The van der Waals surface area contributed by atoms with E-state index in [-0.39, 0.29) is 23.1 Å². The molecule has 0 aromatic heterocycles. The fourth-order valence-electron chi connectivity index (χ4n) is 4.01. The molecule has 3 rings (SSSR count). The Bertz CT molecular complexity index is 990. The summed E-state index contributed by atoms with van der Waals surface area (Å²) >= 11 is 3.43. The topological polar surface area (TPSA) is 118 Å². The Labute approximate surface area is 165 Å². The van der Waals surface area contributed by atoms with Crippen LogP contribution in [0.15, 0.2) is 51.7 Å². The summed E-state index contributed by atoms with van der Waals surface area (Å²) in [5.74, 6) is -1.08. The molecule has 0 saturated heterocycles. The Balaban J connectivity index is 2.32. The average Bonchev–Trinajstić information content (AvgIpc) is 2.66. The van der Waals surface area contributed by atoms with Crippen molar-refractivity contribution >= 4 is 21.8 Å². The highest BCUT2D eigenvalue weighted by Gasteiger charge is 2.54. The minimum absolute atomic E-state index is 0.0150. The number of fused-ring (bicyclic) bond motifs is 1. The van der Waals surface area contributed by atoms with Crippen LogP contribution in [0.4, 0.5) is 0 Å². The monoisotopic (exact) mass is 421 g/mol. The highest BCUT2D eigenvalue weighted by molar-refractivity contribution is 9.10. The lowest BCUT2D eigenvalue weighted by molar-refractivity contribution is -0.129. The van der Waals surface area contributed by atoms with Crippen molar-refractivity contribution in [3.8, 4) is 18.2 Å². The van der Waals surface area contributed by atoms with Gasteiger partial charge in [0.15, 0.2) is 5.41 Å². The van der Waals surface area contributed by atoms with Gasteiger partial charge in [0, 0.05) is 36.3 Å². The number of hydrogen-bond acceptors (Lipinski definition) is 5. The lowest BCUT2D eigenvalue weighted by atomic mass is 9.58. The first-order chi connectivity index (χ1) is 12.9. The first-order valence-corrected chi connectivity index (χ1v) is 9.13. The maximum Gasteiger partial charge on any atom is 0.219 e. The Kier molecular flexibility index (Phi) is 4.79. The third-order valence-corrected chi connectivity index (χ3v) is 5.81. The van der Waals surface area contributed by atoms with Crippen LogP contribution in [0.1, 0.15) is 18.4 Å². The smallest absolute Gasteiger partial charge is 0.219 e. The van der Waals surface area contributed by atoms with Crippen LogP contribution in [0, 0.1) is 45.3 Å². The number of amides is 1. The van der Waals surface area contributed by atoms with E-state index in [9.17, 15) is 20.6 Å². The summed E-state index contributed by atoms with van der Waals surface area (Å²) in [6.45, 7) is 2.17. The van der Waals surface area contributed by atoms with E-state index in [1.165, 1.54) is 6.92 Å². The van der Waals surface area contributed by atoms with Gasteiger partial charge in [-0.15, -0.1) is 0 Å². The van der Waals surface area contributed by atoms with Crippen LogP contribution in [-0.4, -0.2) is 23.9 Å². The van der Waals surface area contributed by atoms with E-state index in [2.05, 4.69) is 34.1 Å². The predicted molar refractivity (Wildman–Crippen MR) is 101 cm³/mol. The van der Waals surface area contributed by atoms with E-state index in [4.69, 9.17) is 5.73 Å². The molecule has 6 nitrogen and oxygen atoms in total. The zero-order valence-electron chi connectivity index (χ0n) is 14.6. The average molecular weight is 422 g/mol. The minimum Gasteiger partial charge on any atom is -0.399 e. The molecule has 1 aliphatic heterocycles. The second kappa shape index (κ2) is 6.91. The highest BCUT2D eigenvalue weighted by Crippen LogP contribution is 2.54. The van der Waals surface area contributed by atoms with E-state index in [1.54, 1.807) is 4.90 Å². The molecule has 2 aliphatic rings. The molecule has 1 heterocycles. The van der Waals surface area contributed by atoms with E-state index >= 15 is 0 Å². The number of nitrogens with zero attached hydrogens (tertiary/aromatic N) is 4. The van der Waals surface area contributed by atoms with Crippen LogP contribution in [0.5, 0.6) is 0 Å². The molecular formula is C20H16BrN5O. The van der Waals surface area contributed by atoms with Crippen molar-refractivity contribution < 1.29 is 4.79 Å². The first-order valence-electron chi connectivity index (χ1n) is 8.33. The number of rotatable bonds is 1. The van der Waals surface area contributed by atoms with Gasteiger partial charge in [-0.05, 0) is 23.3 Å². The number of carbonyl (C=O) groups is 1. The van der Waals surface area contributed by atoms with Crippen molar-refractivity contribution in [1.29, 1.82) is 15.8 Å². The molecule has 1 aliphatic carbocycles. The second-order valence-electron chi connectivity index (χ2n) is 6.65. The number of hydrogen-bond donors (Lipinski definition) is 1. The molecule has 0 fully saturated rings. The lowest BCUT2D eigenvalue weighted by Crippen LogP contribution is -2.48. The van der Waals surface area contributed by atoms with Gasteiger partial charge in [-0.1, -0.05) is 34.1 Å². The number of halogens is 1.